The maximum absolute atomic E-state index is 7.14. The highest BCUT2D eigenvalue weighted by Crippen LogP contribution is 2.52. The van der Waals surface area contributed by atoms with E-state index in [1.165, 1.54) is 48.9 Å². The van der Waals surface area contributed by atoms with Crippen LogP contribution in [0.5, 0.6) is 0 Å². The van der Waals surface area contributed by atoms with Crippen LogP contribution >= 0.6 is 0 Å². The van der Waals surface area contributed by atoms with Gasteiger partial charge in [-0.05, 0) is 62.2 Å². The Kier molecular flexibility index (Phi) is 6.48. The first-order valence-electron chi connectivity index (χ1n) is 14.8. The Morgan fingerprint density at radius 3 is 2.56 bits per heavy atom. The third kappa shape index (κ3) is 4.21. The summed E-state index contributed by atoms with van der Waals surface area (Å²) in [7, 11) is 6.19. The molecule has 1 aromatic carbocycles. The second-order valence-corrected chi connectivity index (χ2v) is 12.2. The fraction of sp³-hybridized carbons (Fsp3) is 0.469. The Hall–Kier alpha value is -3.53. The van der Waals surface area contributed by atoms with Gasteiger partial charge in [0.2, 0.25) is 0 Å². The Labute approximate surface area is 241 Å². The molecular formula is C32H40N8O. The largest absolute Gasteiger partial charge is 0.500 e. The molecular weight excluding hydrogens is 512 g/mol. The van der Waals surface area contributed by atoms with E-state index in [1.54, 1.807) is 13.3 Å². The van der Waals surface area contributed by atoms with Gasteiger partial charge >= 0.3 is 0 Å². The number of hydrogen-bond donors (Lipinski definition) is 2. The molecule has 4 heterocycles. The third-order valence-electron chi connectivity index (χ3n) is 10.1. The minimum absolute atomic E-state index is 0.378. The molecule has 214 valence electrons. The summed E-state index contributed by atoms with van der Waals surface area (Å²) in [6.07, 6.45) is 14.5. The number of fused-ring (bicyclic) bond motifs is 2. The number of para-hydroxylation sites is 1. The number of allylic oxidation sites excluding steroid dienone is 1. The van der Waals surface area contributed by atoms with Gasteiger partial charge in [-0.25, -0.2) is 9.97 Å². The summed E-state index contributed by atoms with van der Waals surface area (Å²) in [6.45, 7) is 4.65. The van der Waals surface area contributed by atoms with Gasteiger partial charge in [0.25, 0.3) is 0 Å². The minimum atomic E-state index is -0.935. The van der Waals surface area contributed by atoms with E-state index in [9.17, 15) is 0 Å². The molecule has 1 aliphatic heterocycles. The zero-order valence-corrected chi connectivity index (χ0v) is 24.3. The van der Waals surface area contributed by atoms with Crippen molar-refractivity contribution in [1.29, 1.82) is 0 Å². The molecule has 3 aromatic heterocycles. The lowest BCUT2D eigenvalue weighted by Crippen LogP contribution is -2.51. The van der Waals surface area contributed by atoms with Crippen LogP contribution in [-0.4, -0.2) is 80.9 Å². The topological polar surface area (TPSA) is 101 Å². The van der Waals surface area contributed by atoms with Gasteiger partial charge in [-0.1, -0.05) is 30.4 Å². The summed E-state index contributed by atoms with van der Waals surface area (Å²) in [5.74, 6) is 1.26. The molecule has 2 fully saturated rings. The number of likely N-dealkylation sites (N-methyl/N-ethyl adjacent to an activating group) is 1. The molecule has 0 bridgehead atoms. The van der Waals surface area contributed by atoms with Gasteiger partial charge < -0.3 is 19.9 Å². The number of hydrogen-bond acceptors (Lipinski definition) is 7. The van der Waals surface area contributed by atoms with Crippen LogP contribution in [0.25, 0.3) is 21.9 Å². The average Bonchev–Trinajstić information content (AvgIpc) is 3.60. The summed E-state index contributed by atoms with van der Waals surface area (Å²) in [4.78, 5) is 13.7. The number of aryl methyl sites for hydroxylation is 1. The second-order valence-electron chi connectivity index (χ2n) is 12.2. The molecule has 2 atom stereocenters. The Morgan fingerprint density at radius 1 is 1.02 bits per heavy atom. The fourth-order valence-corrected chi connectivity index (χ4v) is 7.73. The Morgan fingerprint density at radius 2 is 1.80 bits per heavy atom. The van der Waals surface area contributed by atoms with Gasteiger partial charge in [0.1, 0.15) is 12.1 Å². The zero-order chi connectivity index (χ0) is 28.2. The van der Waals surface area contributed by atoms with Gasteiger partial charge in [-0.15, -0.1) is 0 Å². The highest BCUT2D eigenvalue weighted by atomic mass is 16.5. The van der Waals surface area contributed by atoms with Crippen LogP contribution in [0.1, 0.15) is 37.1 Å². The van der Waals surface area contributed by atoms with Crippen molar-refractivity contribution in [1.82, 2.24) is 34.5 Å². The molecule has 3 aliphatic rings. The molecule has 1 saturated carbocycles. The zero-order valence-electron chi connectivity index (χ0n) is 24.3. The number of aromatic nitrogens is 5. The predicted molar refractivity (Wildman–Crippen MR) is 161 cm³/mol. The van der Waals surface area contributed by atoms with E-state index in [4.69, 9.17) is 10.5 Å². The lowest BCUT2D eigenvalue weighted by molar-refractivity contribution is 0.0673. The number of nitrogens with two attached hydrogens (primary N) is 1. The predicted octanol–water partition coefficient (Wildman–Crippen LogP) is 3.84. The van der Waals surface area contributed by atoms with Gasteiger partial charge in [0.15, 0.2) is 5.65 Å². The molecule has 0 spiro atoms. The van der Waals surface area contributed by atoms with Crippen LogP contribution in [0.3, 0.4) is 0 Å². The van der Waals surface area contributed by atoms with Crippen LogP contribution in [0, 0.1) is 5.92 Å². The van der Waals surface area contributed by atoms with E-state index in [2.05, 4.69) is 97.2 Å². The van der Waals surface area contributed by atoms with E-state index in [0.29, 0.717) is 17.6 Å². The number of nitrogens with zero attached hydrogens (tertiary/aromatic N) is 6. The smallest absolute Gasteiger partial charge is 0.184 e. The van der Waals surface area contributed by atoms with Crippen molar-refractivity contribution in [3.05, 3.63) is 78.2 Å². The monoisotopic (exact) mass is 552 g/mol. The first kappa shape index (κ1) is 26.4. The van der Waals surface area contributed by atoms with Crippen molar-refractivity contribution in [3.63, 3.8) is 0 Å². The summed E-state index contributed by atoms with van der Waals surface area (Å²) < 4.78 is 8.71. The van der Waals surface area contributed by atoms with Gasteiger partial charge in [0.05, 0.1) is 29.1 Å². The molecule has 9 heteroatoms. The van der Waals surface area contributed by atoms with E-state index in [0.717, 1.165) is 42.8 Å². The second kappa shape index (κ2) is 10.1. The summed E-state index contributed by atoms with van der Waals surface area (Å²) in [5, 5.41) is 9.61. The third-order valence-corrected chi connectivity index (χ3v) is 10.1. The van der Waals surface area contributed by atoms with Gasteiger partial charge in [-0.2, -0.15) is 5.10 Å². The Bertz CT molecular complexity index is 1620. The summed E-state index contributed by atoms with van der Waals surface area (Å²) in [6, 6.07) is 11.6. The molecule has 7 rings (SSSR count). The first-order valence-corrected chi connectivity index (χ1v) is 14.8. The molecule has 2 unspecified atom stereocenters. The van der Waals surface area contributed by atoms with Crippen molar-refractivity contribution in [2.75, 3.05) is 40.3 Å². The number of methoxy groups -OCH3 is 1. The molecule has 3 N–H and O–H groups in total. The van der Waals surface area contributed by atoms with Gasteiger partial charge in [0, 0.05) is 56.7 Å². The molecule has 0 radical (unpaired) electrons. The normalized spacial score (nSPS) is 29.7. The number of piperazine rings is 1. The highest BCUT2D eigenvalue weighted by molar-refractivity contribution is 5.82. The fourth-order valence-electron chi connectivity index (χ4n) is 7.73. The maximum Gasteiger partial charge on any atom is 0.184 e. The number of rotatable bonds is 5. The minimum Gasteiger partial charge on any atom is -0.500 e. The van der Waals surface area contributed by atoms with Crippen LogP contribution in [0.15, 0.2) is 66.8 Å². The molecule has 41 heavy (non-hydrogen) atoms. The van der Waals surface area contributed by atoms with Crippen LogP contribution in [0.4, 0.5) is 0 Å². The number of benzene rings is 1. The summed E-state index contributed by atoms with van der Waals surface area (Å²) in [5.41, 5.74) is 9.60. The van der Waals surface area contributed by atoms with E-state index < -0.39 is 11.0 Å². The molecule has 9 nitrogen and oxygen atoms in total. The van der Waals surface area contributed by atoms with Crippen LogP contribution in [0.2, 0.25) is 0 Å². The van der Waals surface area contributed by atoms with Crippen molar-refractivity contribution in [2.45, 2.75) is 42.7 Å². The first-order chi connectivity index (χ1) is 19.9. The highest BCUT2D eigenvalue weighted by Gasteiger charge is 2.50. The number of ether oxygens (including phenoxy) is 1. The van der Waals surface area contributed by atoms with E-state index in [-0.39, 0.29) is 0 Å². The molecule has 1 saturated heterocycles. The summed E-state index contributed by atoms with van der Waals surface area (Å²) >= 11 is 0. The van der Waals surface area contributed by atoms with Crippen LogP contribution in [-0.2, 0) is 22.7 Å². The number of aromatic amines is 1. The lowest BCUT2D eigenvalue weighted by Gasteiger charge is -2.48. The Balaban J connectivity index is 1.30. The van der Waals surface area contributed by atoms with Crippen molar-refractivity contribution in [3.8, 4) is 0 Å². The average molecular weight is 553 g/mol. The lowest BCUT2D eigenvalue weighted by atomic mass is 9.61. The molecule has 4 aromatic rings. The number of H-pyrrole nitrogens is 1. The SMILES string of the molecule is COC1=CC(N)(c2[nH]nc3ncncc23)C=CC1(c1cc2ccccc2n1C)C1CCC(N2CCN(C)CC2)CC1. The van der Waals surface area contributed by atoms with Crippen molar-refractivity contribution >= 4 is 21.9 Å². The molecule has 0 amide bonds. The molecule has 2 aliphatic carbocycles. The van der Waals surface area contributed by atoms with Crippen molar-refractivity contribution < 1.29 is 4.74 Å². The van der Waals surface area contributed by atoms with E-state index in [1.807, 2.05) is 0 Å². The van der Waals surface area contributed by atoms with E-state index >= 15 is 0 Å². The quantitative estimate of drug-likeness (QED) is 0.363. The van der Waals surface area contributed by atoms with Crippen LogP contribution < -0.4 is 5.73 Å². The van der Waals surface area contributed by atoms with Gasteiger partial charge in [-0.3, -0.25) is 10.00 Å². The maximum atomic E-state index is 7.14. The number of nitrogens with one attached hydrogen (secondary N) is 1. The standard InChI is InChI=1S/C32H40N8O/c1-38-14-16-40(17-15-38)24-10-8-23(9-11-24)32(27-18-22-6-4-5-7-26(22)39(27)2)13-12-31(33,19-28(32)41-3)29-25-20-34-21-35-30(25)37-36-29/h4-7,12-13,18-21,23-24H,8-11,14-17,33H2,1-3H3,(H,34,35,36,37). The van der Waals surface area contributed by atoms with Crippen molar-refractivity contribution in [2.24, 2.45) is 18.7 Å².